The van der Waals surface area contributed by atoms with Gasteiger partial charge in [0.15, 0.2) is 0 Å². The van der Waals surface area contributed by atoms with Gasteiger partial charge in [-0.2, -0.15) is 4.98 Å². The summed E-state index contributed by atoms with van der Waals surface area (Å²) in [7, 11) is 0. The topological polar surface area (TPSA) is 112 Å². The maximum atomic E-state index is 13.7. The van der Waals surface area contributed by atoms with Crippen molar-refractivity contribution in [3.8, 4) is 0 Å². The minimum absolute atomic E-state index is 0.0594. The van der Waals surface area contributed by atoms with Crippen molar-refractivity contribution in [2.75, 3.05) is 5.32 Å². The smallest absolute Gasteiger partial charge is 0.249 e. The fraction of sp³-hybridized carbons (Fsp3) is 0.207. The molecule has 1 aliphatic heterocycles. The van der Waals surface area contributed by atoms with Gasteiger partial charge in [0, 0.05) is 17.2 Å². The van der Waals surface area contributed by atoms with E-state index in [-0.39, 0.29) is 11.5 Å². The summed E-state index contributed by atoms with van der Waals surface area (Å²) in [4.78, 5) is 34.4. The SMILES string of the molecule is CC1=Nc2nc(SCc3ccccc3)nn2C(c2ccc(C(=O)[O-])cc2)C1C(=O)Nc1ccc(C)cc1C. The van der Waals surface area contributed by atoms with E-state index in [0.717, 1.165) is 27.9 Å². The molecular weight excluding hydrogens is 498 g/mol. The number of thioether (sulfide) groups is 1. The number of aliphatic imine (C=N–C) groups is 1. The molecule has 4 aromatic rings. The maximum absolute atomic E-state index is 13.7. The van der Waals surface area contributed by atoms with E-state index in [2.05, 4.69) is 15.3 Å². The van der Waals surface area contributed by atoms with Crippen LogP contribution in [0.4, 0.5) is 11.6 Å². The number of aryl methyl sites for hydroxylation is 2. The minimum Gasteiger partial charge on any atom is -0.545 e. The van der Waals surface area contributed by atoms with E-state index >= 15 is 0 Å². The highest BCUT2D eigenvalue weighted by atomic mass is 32.2. The Bertz CT molecular complexity index is 1530. The third-order valence-electron chi connectivity index (χ3n) is 6.52. The molecule has 192 valence electrons. The van der Waals surface area contributed by atoms with Crippen molar-refractivity contribution in [3.63, 3.8) is 0 Å². The molecule has 0 saturated heterocycles. The fourth-order valence-corrected chi connectivity index (χ4v) is 5.37. The lowest BCUT2D eigenvalue weighted by atomic mass is 9.87. The fourth-order valence-electron chi connectivity index (χ4n) is 4.59. The zero-order valence-corrected chi connectivity index (χ0v) is 22.0. The predicted molar refractivity (Wildman–Crippen MR) is 146 cm³/mol. The van der Waals surface area contributed by atoms with Crippen LogP contribution in [0.3, 0.4) is 0 Å². The molecule has 0 saturated carbocycles. The number of hydrogen-bond donors (Lipinski definition) is 1. The standard InChI is InChI=1S/C29H27N5O3S/c1-17-9-14-23(18(2)15-17)31-26(35)24-19(3)30-28-32-29(38-16-20-7-5-4-6-8-20)33-34(28)25(24)21-10-12-22(13-11-21)27(36)37/h4-15,24-25H,16H2,1-3H3,(H,31,35)(H,36,37)/p-1. The summed E-state index contributed by atoms with van der Waals surface area (Å²) in [6.07, 6.45) is 0. The van der Waals surface area contributed by atoms with Crippen LogP contribution < -0.4 is 10.4 Å². The van der Waals surface area contributed by atoms with Crippen molar-refractivity contribution < 1.29 is 14.7 Å². The first kappa shape index (κ1) is 25.4. The molecule has 1 aliphatic rings. The van der Waals surface area contributed by atoms with Crippen LogP contribution in [-0.4, -0.2) is 32.4 Å². The second kappa shape index (κ2) is 10.6. The lowest BCUT2D eigenvalue weighted by Gasteiger charge is -2.30. The molecule has 1 amide bonds. The summed E-state index contributed by atoms with van der Waals surface area (Å²) in [6.45, 7) is 5.76. The number of amides is 1. The van der Waals surface area contributed by atoms with Crippen LogP contribution in [0, 0.1) is 19.8 Å². The van der Waals surface area contributed by atoms with Crippen LogP contribution in [0.25, 0.3) is 0 Å². The van der Waals surface area contributed by atoms with Crippen LogP contribution in [0.1, 0.15) is 45.6 Å². The summed E-state index contributed by atoms with van der Waals surface area (Å²) in [5.41, 5.74) is 5.31. The number of nitrogens with zero attached hydrogens (tertiary/aromatic N) is 4. The Morgan fingerprint density at radius 2 is 1.74 bits per heavy atom. The summed E-state index contributed by atoms with van der Waals surface area (Å²) in [5, 5.41) is 19.7. The number of aromatic nitrogens is 3. The van der Waals surface area contributed by atoms with E-state index in [1.54, 1.807) is 16.8 Å². The second-order valence-electron chi connectivity index (χ2n) is 9.31. The van der Waals surface area contributed by atoms with Crippen molar-refractivity contribution in [1.29, 1.82) is 0 Å². The quantitative estimate of drug-likeness (QED) is 0.356. The second-order valence-corrected chi connectivity index (χ2v) is 10.2. The van der Waals surface area contributed by atoms with Gasteiger partial charge in [0.2, 0.25) is 17.0 Å². The number of benzene rings is 3. The summed E-state index contributed by atoms with van der Waals surface area (Å²) in [5.74, 6) is -1.09. The van der Waals surface area contributed by atoms with Gasteiger partial charge in [-0.25, -0.2) is 9.67 Å². The third kappa shape index (κ3) is 5.24. The van der Waals surface area contributed by atoms with Crippen molar-refractivity contribution >= 4 is 41.0 Å². The number of rotatable bonds is 7. The van der Waals surface area contributed by atoms with Gasteiger partial charge >= 0.3 is 0 Å². The molecule has 8 nitrogen and oxygen atoms in total. The van der Waals surface area contributed by atoms with Crippen LogP contribution in [-0.2, 0) is 10.5 Å². The Morgan fingerprint density at radius 3 is 2.42 bits per heavy atom. The van der Waals surface area contributed by atoms with Gasteiger partial charge in [0.05, 0.1) is 12.0 Å². The van der Waals surface area contributed by atoms with Crippen molar-refractivity contribution in [2.45, 2.75) is 37.7 Å². The number of fused-ring (bicyclic) bond motifs is 1. The van der Waals surface area contributed by atoms with Gasteiger partial charge in [0.1, 0.15) is 5.92 Å². The first-order valence-electron chi connectivity index (χ1n) is 12.2. The number of carbonyl (C=O) groups excluding carboxylic acids is 2. The summed E-state index contributed by atoms with van der Waals surface area (Å²) >= 11 is 1.49. The van der Waals surface area contributed by atoms with E-state index in [9.17, 15) is 14.7 Å². The number of anilines is 1. The lowest BCUT2D eigenvalue weighted by molar-refractivity contribution is -0.255. The Kier molecular flexibility index (Phi) is 7.11. The van der Waals surface area contributed by atoms with Gasteiger partial charge in [-0.05, 0) is 49.1 Å². The first-order chi connectivity index (χ1) is 18.3. The molecule has 5 rings (SSSR count). The zero-order valence-electron chi connectivity index (χ0n) is 21.2. The van der Waals surface area contributed by atoms with E-state index in [1.165, 1.54) is 23.9 Å². The number of carboxylic acids is 1. The first-order valence-corrected chi connectivity index (χ1v) is 13.2. The Hall–Kier alpha value is -4.24. The molecule has 2 unspecified atom stereocenters. The van der Waals surface area contributed by atoms with Crippen LogP contribution >= 0.6 is 11.8 Å². The van der Waals surface area contributed by atoms with Crippen LogP contribution in [0.5, 0.6) is 0 Å². The van der Waals surface area contributed by atoms with Crippen molar-refractivity contribution in [2.24, 2.45) is 10.9 Å². The van der Waals surface area contributed by atoms with Gasteiger partial charge in [-0.3, -0.25) is 4.79 Å². The van der Waals surface area contributed by atoms with E-state index in [4.69, 9.17) is 5.10 Å². The normalized spacial score (nSPS) is 16.4. The molecule has 1 aromatic heterocycles. The maximum Gasteiger partial charge on any atom is 0.249 e. The molecular formula is C29H26N5O3S-. The summed E-state index contributed by atoms with van der Waals surface area (Å²) < 4.78 is 1.67. The van der Waals surface area contributed by atoms with Gasteiger partial charge < -0.3 is 15.2 Å². The number of carbonyl (C=O) groups is 2. The number of nitrogens with one attached hydrogen (secondary N) is 1. The van der Waals surface area contributed by atoms with Crippen molar-refractivity contribution in [3.05, 3.63) is 101 Å². The molecule has 0 bridgehead atoms. The van der Waals surface area contributed by atoms with Crippen LogP contribution in [0.2, 0.25) is 0 Å². The minimum atomic E-state index is -1.26. The molecule has 0 aliphatic carbocycles. The molecule has 3 aromatic carbocycles. The zero-order chi connectivity index (χ0) is 26.8. The Morgan fingerprint density at radius 1 is 1.00 bits per heavy atom. The van der Waals surface area contributed by atoms with Crippen LogP contribution in [0.15, 0.2) is 82.9 Å². The van der Waals surface area contributed by atoms with Gasteiger partial charge in [-0.1, -0.05) is 84.1 Å². The van der Waals surface area contributed by atoms with E-state index < -0.39 is 17.9 Å². The molecule has 0 fully saturated rings. The molecule has 9 heteroatoms. The number of aromatic carboxylic acids is 1. The molecule has 0 radical (unpaired) electrons. The highest BCUT2D eigenvalue weighted by Crippen LogP contribution is 2.38. The molecule has 2 atom stereocenters. The average Bonchev–Trinajstić information content (AvgIpc) is 3.31. The number of hydrogen-bond acceptors (Lipinski definition) is 7. The molecule has 2 heterocycles. The highest BCUT2D eigenvalue weighted by molar-refractivity contribution is 7.98. The Labute approximate surface area is 224 Å². The third-order valence-corrected chi connectivity index (χ3v) is 7.43. The largest absolute Gasteiger partial charge is 0.545 e. The van der Waals surface area contributed by atoms with Gasteiger partial charge in [-0.15, -0.1) is 5.10 Å². The molecule has 0 spiro atoms. The van der Waals surface area contributed by atoms with Crippen molar-refractivity contribution in [1.82, 2.24) is 14.8 Å². The lowest BCUT2D eigenvalue weighted by Crippen LogP contribution is -2.39. The predicted octanol–water partition coefficient (Wildman–Crippen LogP) is 4.50. The average molecular weight is 525 g/mol. The van der Waals surface area contributed by atoms with Gasteiger partial charge in [0.25, 0.3) is 0 Å². The van der Waals surface area contributed by atoms with E-state index in [0.29, 0.717) is 22.6 Å². The molecule has 38 heavy (non-hydrogen) atoms. The summed E-state index contributed by atoms with van der Waals surface area (Å²) in [6, 6.07) is 21.6. The number of carboxylic acid groups (broad SMARTS) is 1. The monoisotopic (exact) mass is 524 g/mol. The Balaban J connectivity index is 1.51. The highest BCUT2D eigenvalue weighted by Gasteiger charge is 2.39. The molecule has 1 N–H and O–H groups in total. The van der Waals surface area contributed by atoms with E-state index in [1.807, 2.05) is 69.3 Å².